The highest BCUT2D eigenvalue weighted by molar-refractivity contribution is 5.68. The van der Waals surface area contributed by atoms with Crippen molar-refractivity contribution in [1.29, 1.82) is 0 Å². The Hall–Kier alpha value is -1.97. The van der Waals surface area contributed by atoms with Gasteiger partial charge >= 0.3 is 5.97 Å². The summed E-state index contributed by atoms with van der Waals surface area (Å²) in [5, 5.41) is 8.47. The van der Waals surface area contributed by atoms with Crippen molar-refractivity contribution in [3.05, 3.63) is 35.9 Å². The molecule has 0 aliphatic carbocycles. The van der Waals surface area contributed by atoms with Gasteiger partial charge in [-0.2, -0.15) is 0 Å². The van der Waals surface area contributed by atoms with E-state index in [0.717, 1.165) is 18.4 Å². The molecular weight excluding hydrogens is 232 g/mol. The molecule has 0 radical (unpaired) electrons. The molecule has 0 saturated heterocycles. The van der Waals surface area contributed by atoms with Crippen LogP contribution in [0.3, 0.4) is 0 Å². The van der Waals surface area contributed by atoms with Gasteiger partial charge in [0.1, 0.15) is 0 Å². The number of methoxy groups -OCH3 is 2. The Labute approximate surface area is 107 Å². The van der Waals surface area contributed by atoms with Crippen LogP contribution < -0.4 is 9.47 Å². The fourth-order valence-corrected chi connectivity index (χ4v) is 1.59. The number of carboxylic acids is 1. The van der Waals surface area contributed by atoms with Crippen molar-refractivity contribution in [2.24, 2.45) is 0 Å². The van der Waals surface area contributed by atoms with Crippen LogP contribution in [0.25, 0.3) is 0 Å². The van der Waals surface area contributed by atoms with Crippen LogP contribution in [-0.4, -0.2) is 25.3 Å². The van der Waals surface area contributed by atoms with Gasteiger partial charge in [0.2, 0.25) is 0 Å². The summed E-state index contributed by atoms with van der Waals surface area (Å²) in [5.41, 5.74) is 1.13. The lowest BCUT2D eigenvalue weighted by atomic mass is 10.1. The second-order valence-electron chi connectivity index (χ2n) is 3.80. The van der Waals surface area contributed by atoms with Gasteiger partial charge in [0.15, 0.2) is 11.5 Å². The minimum absolute atomic E-state index is 0.0753. The zero-order chi connectivity index (χ0) is 13.4. The number of hydrogen-bond donors (Lipinski definition) is 1. The molecule has 0 spiro atoms. The van der Waals surface area contributed by atoms with Crippen LogP contribution in [0, 0.1) is 0 Å². The summed E-state index contributed by atoms with van der Waals surface area (Å²) in [7, 11) is 3.21. The maximum atomic E-state index is 10.3. The van der Waals surface area contributed by atoms with Gasteiger partial charge in [0, 0.05) is 0 Å². The van der Waals surface area contributed by atoms with Crippen molar-refractivity contribution < 1.29 is 19.4 Å². The van der Waals surface area contributed by atoms with Gasteiger partial charge in [-0.15, -0.1) is 0 Å². The molecule has 0 aromatic heterocycles. The molecule has 4 heteroatoms. The zero-order valence-electron chi connectivity index (χ0n) is 10.7. The highest BCUT2D eigenvalue weighted by atomic mass is 16.5. The Morgan fingerprint density at radius 1 is 1.22 bits per heavy atom. The van der Waals surface area contributed by atoms with Gasteiger partial charge in [-0.25, -0.2) is 0 Å². The van der Waals surface area contributed by atoms with Crippen LogP contribution in [-0.2, 0) is 11.2 Å². The fourth-order valence-electron chi connectivity index (χ4n) is 1.59. The maximum absolute atomic E-state index is 10.3. The van der Waals surface area contributed by atoms with Gasteiger partial charge < -0.3 is 14.6 Å². The number of hydrogen-bond acceptors (Lipinski definition) is 3. The van der Waals surface area contributed by atoms with Crippen LogP contribution in [0.4, 0.5) is 0 Å². The molecule has 0 fully saturated rings. The van der Waals surface area contributed by atoms with Crippen molar-refractivity contribution >= 4 is 5.97 Å². The highest BCUT2D eigenvalue weighted by Gasteiger charge is 2.03. The predicted octanol–water partition coefficient (Wildman–Crippen LogP) is 2.67. The van der Waals surface area contributed by atoms with E-state index in [-0.39, 0.29) is 6.42 Å². The molecule has 1 aromatic carbocycles. The topological polar surface area (TPSA) is 55.8 Å². The van der Waals surface area contributed by atoms with Gasteiger partial charge in [0.25, 0.3) is 0 Å². The minimum Gasteiger partial charge on any atom is -0.493 e. The number of rotatable bonds is 7. The van der Waals surface area contributed by atoms with Crippen LogP contribution in [0.15, 0.2) is 30.4 Å². The zero-order valence-corrected chi connectivity index (χ0v) is 10.7. The first-order valence-corrected chi connectivity index (χ1v) is 5.75. The van der Waals surface area contributed by atoms with E-state index in [4.69, 9.17) is 14.6 Å². The van der Waals surface area contributed by atoms with Crippen LogP contribution in [0.5, 0.6) is 11.5 Å². The molecule has 0 heterocycles. The van der Waals surface area contributed by atoms with Gasteiger partial charge in [0.05, 0.1) is 20.6 Å². The number of ether oxygens (including phenoxy) is 2. The summed E-state index contributed by atoms with van der Waals surface area (Å²) >= 11 is 0. The Morgan fingerprint density at radius 3 is 2.56 bits per heavy atom. The van der Waals surface area contributed by atoms with E-state index in [1.807, 2.05) is 24.3 Å². The van der Waals surface area contributed by atoms with Crippen molar-refractivity contribution in [1.82, 2.24) is 0 Å². The van der Waals surface area contributed by atoms with E-state index >= 15 is 0 Å². The predicted molar refractivity (Wildman–Crippen MR) is 69.3 cm³/mol. The van der Waals surface area contributed by atoms with E-state index in [1.165, 1.54) is 0 Å². The molecule has 0 bridgehead atoms. The number of allylic oxidation sites excluding steroid dienone is 1. The molecule has 98 valence electrons. The van der Waals surface area contributed by atoms with Gasteiger partial charge in [-0.05, 0) is 30.5 Å². The Morgan fingerprint density at radius 2 is 1.94 bits per heavy atom. The molecule has 0 amide bonds. The van der Waals surface area contributed by atoms with Crippen molar-refractivity contribution in [2.75, 3.05) is 14.2 Å². The molecule has 0 aliphatic rings. The lowest BCUT2D eigenvalue weighted by Crippen LogP contribution is -1.93. The Kier molecular flexibility index (Phi) is 5.77. The summed E-state index contributed by atoms with van der Waals surface area (Å²) in [6, 6.07) is 5.78. The molecule has 1 aromatic rings. The summed E-state index contributed by atoms with van der Waals surface area (Å²) in [4.78, 5) is 10.3. The van der Waals surface area contributed by atoms with Crippen molar-refractivity contribution in [3.63, 3.8) is 0 Å². The summed E-state index contributed by atoms with van der Waals surface area (Å²) in [5.74, 6) is 0.615. The molecule has 0 aliphatic heterocycles. The maximum Gasteiger partial charge on any atom is 0.307 e. The molecule has 0 unspecified atom stereocenters. The van der Waals surface area contributed by atoms with E-state index in [1.54, 1.807) is 20.3 Å². The average molecular weight is 250 g/mol. The number of carboxylic acid groups (broad SMARTS) is 1. The van der Waals surface area contributed by atoms with Crippen LogP contribution >= 0.6 is 0 Å². The van der Waals surface area contributed by atoms with E-state index < -0.39 is 5.97 Å². The van der Waals surface area contributed by atoms with Gasteiger partial charge in [-0.3, -0.25) is 4.79 Å². The lowest BCUT2D eigenvalue weighted by molar-refractivity contribution is -0.136. The number of carbonyl (C=O) groups is 1. The van der Waals surface area contributed by atoms with E-state index in [0.29, 0.717) is 11.5 Å². The lowest BCUT2D eigenvalue weighted by Gasteiger charge is -2.08. The molecule has 0 saturated carbocycles. The summed E-state index contributed by atoms with van der Waals surface area (Å²) in [6.07, 6.45) is 5.28. The normalized spacial score (nSPS) is 10.6. The second kappa shape index (κ2) is 7.37. The number of benzene rings is 1. The van der Waals surface area contributed by atoms with E-state index in [9.17, 15) is 4.79 Å². The van der Waals surface area contributed by atoms with Crippen molar-refractivity contribution in [3.8, 4) is 11.5 Å². The smallest absolute Gasteiger partial charge is 0.307 e. The fraction of sp³-hybridized carbons (Fsp3) is 0.357. The van der Waals surface area contributed by atoms with Crippen LogP contribution in [0.1, 0.15) is 18.4 Å². The Bertz CT molecular complexity index is 424. The molecule has 0 atom stereocenters. The van der Waals surface area contributed by atoms with Crippen molar-refractivity contribution in [2.45, 2.75) is 19.3 Å². The van der Waals surface area contributed by atoms with E-state index in [2.05, 4.69) is 0 Å². The molecular formula is C14H18O4. The number of aryl methyl sites for hydroxylation is 1. The highest BCUT2D eigenvalue weighted by Crippen LogP contribution is 2.27. The summed E-state index contributed by atoms with van der Waals surface area (Å²) in [6.45, 7) is 0. The third kappa shape index (κ3) is 4.49. The SMILES string of the molecule is COc1ccc(CC/C=C/CC(=O)O)cc1OC. The molecule has 18 heavy (non-hydrogen) atoms. The first-order chi connectivity index (χ1) is 8.67. The third-order valence-corrected chi connectivity index (χ3v) is 2.51. The molecule has 1 rings (SSSR count). The molecule has 1 N–H and O–H groups in total. The second-order valence-corrected chi connectivity index (χ2v) is 3.80. The average Bonchev–Trinajstić information content (AvgIpc) is 2.37. The Balaban J connectivity index is 2.52. The monoisotopic (exact) mass is 250 g/mol. The summed E-state index contributed by atoms with van der Waals surface area (Å²) < 4.78 is 10.4. The van der Waals surface area contributed by atoms with Crippen LogP contribution in [0.2, 0.25) is 0 Å². The van der Waals surface area contributed by atoms with Gasteiger partial charge in [-0.1, -0.05) is 18.2 Å². The third-order valence-electron chi connectivity index (χ3n) is 2.51. The minimum atomic E-state index is -0.808. The first kappa shape index (κ1) is 14.1. The standard InChI is InChI=1S/C14H18O4/c1-17-12-9-8-11(10-13(12)18-2)6-4-3-5-7-14(15)16/h3,5,8-10H,4,6-7H2,1-2H3,(H,15,16)/b5-3+. The quantitative estimate of drug-likeness (QED) is 0.756. The number of aliphatic carboxylic acids is 1. The largest absolute Gasteiger partial charge is 0.493 e. The first-order valence-electron chi connectivity index (χ1n) is 5.75. The molecule has 4 nitrogen and oxygen atoms in total.